The van der Waals surface area contributed by atoms with E-state index < -0.39 is 0 Å². The van der Waals surface area contributed by atoms with E-state index >= 15 is 0 Å². The lowest BCUT2D eigenvalue weighted by molar-refractivity contribution is -0.128. The number of halogens is 1. The maximum absolute atomic E-state index is 11.8. The monoisotopic (exact) mass is 486 g/mol. The van der Waals surface area contributed by atoms with E-state index in [-0.39, 0.29) is 29.9 Å². The van der Waals surface area contributed by atoms with Crippen molar-refractivity contribution in [2.75, 3.05) is 13.1 Å². The highest BCUT2D eigenvalue weighted by Crippen LogP contribution is 2.15. The van der Waals surface area contributed by atoms with Crippen molar-refractivity contribution >= 4 is 35.8 Å². The lowest BCUT2D eigenvalue weighted by Crippen LogP contribution is -2.32. The number of aliphatic imine (C=N–C) groups is 1. The first kappa shape index (κ1) is 23.7. The van der Waals surface area contributed by atoms with Crippen molar-refractivity contribution in [3.8, 4) is 0 Å². The fourth-order valence-electron chi connectivity index (χ4n) is 3.27. The van der Waals surface area contributed by atoms with Crippen LogP contribution in [0.15, 0.2) is 29.3 Å². The number of nitrogens with two attached hydrogens (primary N) is 1. The number of unbranched alkanes of at least 4 members (excludes halogenated alkanes) is 5. The van der Waals surface area contributed by atoms with Gasteiger partial charge in [-0.1, -0.05) is 63.3 Å². The fraction of sp³-hybridized carbons (Fsp3) is 0.619. The molecule has 1 aliphatic heterocycles. The van der Waals surface area contributed by atoms with Crippen LogP contribution < -0.4 is 11.1 Å². The van der Waals surface area contributed by atoms with Crippen LogP contribution in [0.2, 0.25) is 0 Å². The van der Waals surface area contributed by atoms with Gasteiger partial charge in [0.25, 0.3) is 0 Å². The maximum Gasteiger partial charge on any atom is 0.222 e. The second kappa shape index (κ2) is 13.8. The predicted octanol–water partition coefficient (Wildman–Crippen LogP) is 4.19. The zero-order valence-corrected chi connectivity index (χ0v) is 18.9. The second-order valence-electron chi connectivity index (χ2n) is 7.13. The van der Waals surface area contributed by atoms with E-state index in [2.05, 4.69) is 35.4 Å². The molecule has 0 saturated carbocycles. The minimum absolute atomic E-state index is 0. The van der Waals surface area contributed by atoms with Crippen LogP contribution in [0.25, 0.3) is 0 Å². The lowest BCUT2D eigenvalue weighted by atomic mass is 10.1. The quantitative estimate of drug-likeness (QED) is 0.213. The molecule has 1 aliphatic rings. The van der Waals surface area contributed by atoms with Gasteiger partial charge in [0.15, 0.2) is 5.96 Å². The summed E-state index contributed by atoms with van der Waals surface area (Å²) in [6.45, 7) is 5.26. The number of hydrogen-bond donors (Lipinski definition) is 2. The average Bonchev–Trinajstić information content (AvgIpc) is 3.04. The molecule has 1 aromatic rings. The SMILES string of the molecule is CCCCCCCCNC(N)=NCc1cccc(CN2CCCC2=O)c1.I. The van der Waals surface area contributed by atoms with Crippen molar-refractivity contribution in [2.24, 2.45) is 10.7 Å². The summed E-state index contributed by atoms with van der Waals surface area (Å²) < 4.78 is 0. The first-order valence-electron chi connectivity index (χ1n) is 10.1. The van der Waals surface area contributed by atoms with Crippen molar-refractivity contribution in [1.29, 1.82) is 0 Å². The highest BCUT2D eigenvalue weighted by atomic mass is 127. The maximum atomic E-state index is 11.8. The molecule has 5 nitrogen and oxygen atoms in total. The summed E-state index contributed by atoms with van der Waals surface area (Å²) >= 11 is 0. The molecule has 0 aliphatic carbocycles. The number of benzene rings is 1. The Balaban J connectivity index is 0.00000364. The summed E-state index contributed by atoms with van der Waals surface area (Å²) in [5, 5.41) is 3.20. The number of nitrogens with one attached hydrogen (secondary N) is 1. The smallest absolute Gasteiger partial charge is 0.222 e. The van der Waals surface area contributed by atoms with Gasteiger partial charge in [0, 0.05) is 26.1 Å². The summed E-state index contributed by atoms with van der Waals surface area (Å²) in [4.78, 5) is 18.1. The molecule has 1 fully saturated rings. The molecule has 0 spiro atoms. The molecule has 6 heteroatoms. The summed E-state index contributed by atoms with van der Waals surface area (Å²) in [7, 11) is 0. The average molecular weight is 486 g/mol. The third kappa shape index (κ3) is 9.44. The van der Waals surface area contributed by atoms with E-state index in [0.29, 0.717) is 25.5 Å². The molecule has 1 aromatic carbocycles. The van der Waals surface area contributed by atoms with Crippen molar-refractivity contribution in [1.82, 2.24) is 10.2 Å². The molecule has 0 atom stereocenters. The van der Waals surface area contributed by atoms with Crippen molar-refractivity contribution < 1.29 is 4.79 Å². The van der Waals surface area contributed by atoms with Crippen LogP contribution >= 0.6 is 24.0 Å². The number of carbonyl (C=O) groups is 1. The van der Waals surface area contributed by atoms with Gasteiger partial charge in [-0.3, -0.25) is 4.79 Å². The Morgan fingerprint density at radius 3 is 2.67 bits per heavy atom. The summed E-state index contributed by atoms with van der Waals surface area (Å²) in [5.74, 6) is 0.773. The van der Waals surface area contributed by atoms with Crippen LogP contribution in [0.5, 0.6) is 0 Å². The zero-order valence-electron chi connectivity index (χ0n) is 16.6. The summed E-state index contributed by atoms with van der Waals surface area (Å²) in [6, 6.07) is 8.27. The first-order chi connectivity index (χ1) is 12.7. The minimum atomic E-state index is 0. The Bertz CT molecular complexity index is 591. The third-order valence-electron chi connectivity index (χ3n) is 4.80. The number of nitrogens with zero attached hydrogens (tertiary/aromatic N) is 2. The topological polar surface area (TPSA) is 70.7 Å². The van der Waals surface area contributed by atoms with E-state index in [1.54, 1.807) is 0 Å². The van der Waals surface area contributed by atoms with Gasteiger partial charge < -0.3 is 16.0 Å². The van der Waals surface area contributed by atoms with Crippen LogP contribution in [-0.4, -0.2) is 29.9 Å². The Hall–Kier alpha value is -1.31. The largest absolute Gasteiger partial charge is 0.370 e. The predicted molar refractivity (Wildman–Crippen MR) is 123 cm³/mol. The van der Waals surface area contributed by atoms with Crippen LogP contribution in [0, 0.1) is 0 Å². The van der Waals surface area contributed by atoms with Gasteiger partial charge in [-0.2, -0.15) is 0 Å². The number of hydrogen-bond acceptors (Lipinski definition) is 2. The van der Waals surface area contributed by atoms with Gasteiger partial charge in [0.1, 0.15) is 0 Å². The first-order valence-corrected chi connectivity index (χ1v) is 10.1. The summed E-state index contributed by atoms with van der Waals surface area (Å²) in [6.07, 6.45) is 9.30. The Kier molecular flexibility index (Phi) is 12.1. The highest BCUT2D eigenvalue weighted by molar-refractivity contribution is 14.0. The number of likely N-dealkylation sites (tertiary alicyclic amines) is 1. The van der Waals surface area contributed by atoms with E-state index in [1.807, 2.05) is 11.0 Å². The van der Waals surface area contributed by atoms with E-state index in [0.717, 1.165) is 37.1 Å². The van der Waals surface area contributed by atoms with E-state index in [1.165, 1.54) is 32.1 Å². The van der Waals surface area contributed by atoms with E-state index in [4.69, 9.17) is 5.73 Å². The van der Waals surface area contributed by atoms with Crippen molar-refractivity contribution in [3.05, 3.63) is 35.4 Å². The standard InChI is InChI=1S/C21H34N4O.HI/c1-2-3-4-5-6-7-13-23-21(22)24-16-18-10-8-11-19(15-18)17-25-14-9-12-20(25)26;/h8,10-11,15H,2-7,9,12-14,16-17H2,1H3,(H3,22,23,24);1H. The molecule has 2 rings (SSSR count). The fourth-order valence-corrected chi connectivity index (χ4v) is 3.27. The molecule has 0 bridgehead atoms. The molecule has 1 heterocycles. The van der Waals surface area contributed by atoms with Crippen LogP contribution in [0.3, 0.4) is 0 Å². The third-order valence-corrected chi connectivity index (χ3v) is 4.80. The summed E-state index contributed by atoms with van der Waals surface area (Å²) in [5.41, 5.74) is 8.24. The molecule has 0 unspecified atom stereocenters. The highest BCUT2D eigenvalue weighted by Gasteiger charge is 2.19. The molecule has 1 saturated heterocycles. The van der Waals surface area contributed by atoms with Crippen molar-refractivity contribution in [2.45, 2.75) is 71.4 Å². The van der Waals surface area contributed by atoms with Gasteiger partial charge in [0.2, 0.25) is 5.91 Å². The van der Waals surface area contributed by atoms with Gasteiger partial charge in [-0.25, -0.2) is 4.99 Å². The number of carbonyl (C=O) groups excluding carboxylic acids is 1. The molecule has 27 heavy (non-hydrogen) atoms. The van der Waals surface area contributed by atoms with Crippen molar-refractivity contribution in [3.63, 3.8) is 0 Å². The molecule has 3 N–H and O–H groups in total. The Morgan fingerprint density at radius 1 is 1.19 bits per heavy atom. The normalized spacial score (nSPS) is 14.3. The van der Waals surface area contributed by atoms with Crippen LogP contribution in [-0.2, 0) is 17.9 Å². The Morgan fingerprint density at radius 2 is 1.93 bits per heavy atom. The van der Waals surface area contributed by atoms with Gasteiger partial charge in [-0.15, -0.1) is 24.0 Å². The van der Waals surface area contributed by atoms with Crippen LogP contribution in [0.1, 0.15) is 69.4 Å². The van der Waals surface area contributed by atoms with E-state index in [9.17, 15) is 4.79 Å². The number of amides is 1. The lowest BCUT2D eigenvalue weighted by Gasteiger charge is -2.15. The van der Waals surface area contributed by atoms with Crippen LogP contribution in [0.4, 0.5) is 0 Å². The molecular weight excluding hydrogens is 451 g/mol. The minimum Gasteiger partial charge on any atom is -0.370 e. The van der Waals surface area contributed by atoms with Gasteiger partial charge >= 0.3 is 0 Å². The number of guanidine groups is 1. The molecule has 0 aromatic heterocycles. The Labute approximate surface area is 181 Å². The molecule has 1 amide bonds. The number of rotatable bonds is 11. The molecule has 152 valence electrons. The molecule has 0 radical (unpaired) electrons. The molecular formula is C21H35IN4O. The van der Waals surface area contributed by atoms with Gasteiger partial charge in [0.05, 0.1) is 6.54 Å². The second-order valence-corrected chi connectivity index (χ2v) is 7.13. The zero-order chi connectivity index (χ0) is 18.6. The van der Waals surface area contributed by atoms with Gasteiger partial charge in [-0.05, 0) is 24.0 Å².